The fourth-order valence-electron chi connectivity index (χ4n) is 4.75. The van der Waals surface area contributed by atoms with Crippen LogP contribution in [0.5, 0.6) is 0 Å². The molecule has 4 aliphatic carbocycles. The third-order valence-corrected chi connectivity index (χ3v) is 6.07. The number of nitrogens with zero attached hydrogens (tertiary/aromatic N) is 3. The molecule has 4 saturated carbocycles. The molecule has 1 aromatic rings. The molecule has 4 aliphatic rings. The minimum Gasteiger partial charge on any atom is -0.357 e. The maximum atomic E-state index is 8.68. The molecular formula is C14H18N4S. The number of anilines is 1. The van der Waals surface area contributed by atoms with Gasteiger partial charge in [-0.3, -0.25) is 0 Å². The summed E-state index contributed by atoms with van der Waals surface area (Å²) in [6, 6.07) is 2.74. The highest BCUT2D eigenvalue weighted by atomic mass is 32.1. The molecule has 0 aliphatic heterocycles. The first kappa shape index (κ1) is 11.7. The molecule has 0 unspecified atom stereocenters. The first-order chi connectivity index (χ1) is 9.31. The van der Waals surface area contributed by atoms with Crippen molar-refractivity contribution >= 4 is 16.5 Å². The zero-order valence-electron chi connectivity index (χ0n) is 10.9. The third-order valence-electron chi connectivity index (χ3n) is 5.21. The van der Waals surface area contributed by atoms with Crippen LogP contribution in [0.15, 0.2) is 0 Å². The molecular weight excluding hydrogens is 256 g/mol. The van der Waals surface area contributed by atoms with E-state index >= 15 is 0 Å². The van der Waals surface area contributed by atoms with E-state index in [1.807, 2.05) is 0 Å². The maximum Gasteiger partial charge on any atom is 0.205 e. The average molecular weight is 274 g/mol. The van der Waals surface area contributed by atoms with Crippen LogP contribution in [0.1, 0.15) is 37.1 Å². The summed E-state index contributed by atoms with van der Waals surface area (Å²) in [5.74, 6) is 3.70. The van der Waals surface area contributed by atoms with E-state index in [2.05, 4.69) is 21.6 Å². The van der Waals surface area contributed by atoms with Gasteiger partial charge in [0, 0.05) is 6.04 Å². The Kier molecular flexibility index (Phi) is 2.73. The molecule has 5 heteroatoms. The minimum atomic E-state index is 0.376. The van der Waals surface area contributed by atoms with Crippen LogP contribution >= 0.6 is 11.3 Å². The molecule has 1 N–H and O–H groups in total. The molecule has 0 spiro atoms. The lowest BCUT2D eigenvalue weighted by Gasteiger charge is -2.54. The Morgan fingerprint density at radius 1 is 1.11 bits per heavy atom. The average Bonchev–Trinajstić information content (AvgIpc) is 2.81. The monoisotopic (exact) mass is 274 g/mol. The number of hydrogen-bond donors (Lipinski definition) is 1. The molecule has 4 nitrogen and oxygen atoms in total. The second-order valence-corrected chi connectivity index (χ2v) is 7.50. The molecule has 5 rings (SSSR count). The Morgan fingerprint density at radius 2 is 1.79 bits per heavy atom. The van der Waals surface area contributed by atoms with Gasteiger partial charge in [0.25, 0.3) is 0 Å². The molecule has 1 heterocycles. The fourth-order valence-corrected chi connectivity index (χ4v) is 5.47. The molecule has 4 bridgehead atoms. The summed E-state index contributed by atoms with van der Waals surface area (Å²) in [5.41, 5.74) is 0. The van der Waals surface area contributed by atoms with E-state index in [4.69, 9.17) is 5.26 Å². The van der Waals surface area contributed by atoms with Crippen LogP contribution in [0.25, 0.3) is 0 Å². The lowest BCUT2D eigenvalue weighted by Crippen LogP contribution is -2.51. The molecule has 1 aromatic heterocycles. The van der Waals surface area contributed by atoms with Crippen LogP contribution in [0.4, 0.5) is 5.13 Å². The minimum absolute atomic E-state index is 0.376. The van der Waals surface area contributed by atoms with Gasteiger partial charge in [-0.25, -0.2) is 0 Å². The number of aromatic nitrogens is 2. The van der Waals surface area contributed by atoms with Gasteiger partial charge >= 0.3 is 0 Å². The van der Waals surface area contributed by atoms with Crippen LogP contribution in [-0.2, 0) is 6.42 Å². The summed E-state index contributed by atoms with van der Waals surface area (Å²) < 4.78 is 0. The normalized spacial score (nSPS) is 39.2. The van der Waals surface area contributed by atoms with Crippen molar-refractivity contribution in [3.63, 3.8) is 0 Å². The van der Waals surface area contributed by atoms with Crippen LogP contribution in [0.3, 0.4) is 0 Å². The number of rotatable bonds is 3. The van der Waals surface area contributed by atoms with Gasteiger partial charge in [0.2, 0.25) is 5.13 Å². The summed E-state index contributed by atoms with van der Waals surface area (Å²) in [4.78, 5) is 0. The Hall–Kier alpha value is -1.15. The van der Waals surface area contributed by atoms with Crippen molar-refractivity contribution in [2.45, 2.75) is 44.6 Å². The first-order valence-corrected chi connectivity index (χ1v) is 8.09. The van der Waals surface area contributed by atoms with E-state index in [0.717, 1.165) is 33.8 Å². The Bertz CT molecular complexity index is 490. The van der Waals surface area contributed by atoms with Gasteiger partial charge < -0.3 is 5.32 Å². The van der Waals surface area contributed by atoms with E-state index in [1.165, 1.54) is 32.1 Å². The van der Waals surface area contributed by atoms with E-state index in [1.54, 1.807) is 11.3 Å². The molecule has 0 amide bonds. The summed E-state index contributed by atoms with van der Waals surface area (Å²) in [6.45, 7) is 0. The van der Waals surface area contributed by atoms with E-state index < -0.39 is 0 Å². The largest absolute Gasteiger partial charge is 0.357 e. The number of nitriles is 1. The predicted octanol–water partition coefficient (Wildman–Crippen LogP) is 2.84. The summed E-state index contributed by atoms with van der Waals surface area (Å²) in [6.07, 6.45) is 7.51. The summed E-state index contributed by atoms with van der Waals surface area (Å²) in [7, 11) is 0. The lowest BCUT2D eigenvalue weighted by molar-refractivity contribution is 0.00752. The molecule has 4 fully saturated rings. The van der Waals surface area contributed by atoms with Crippen LogP contribution in [0.2, 0.25) is 0 Å². The molecule has 19 heavy (non-hydrogen) atoms. The van der Waals surface area contributed by atoms with Crippen molar-refractivity contribution < 1.29 is 0 Å². The summed E-state index contributed by atoms with van der Waals surface area (Å²) >= 11 is 1.55. The first-order valence-electron chi connectivity index (χ1n) is 7.27. The second kappa shape index (κ2) is 4.45. The Balaban J connectivity index is 1.49. The third kappa shape index (κ3) is 2.02. The highest BCUT2D eigenvalue weighted by Gasteiger charge is 2.48. The zero-order chi connectivity index (χ0) is 12.8. The topological polar surface area (TPSA) is 61.6 Å². The number of hydrogen-bond acceptors (Lipinski definition) is 5. The van der Waals surface area contributed by atoms with Crippen LogP contribution in [-0.4, -0.2) is 16.2 Å². The molecule has 0 atom stereocenters. The Labute approximate surface area is 117 Å². The maximum absolute atomic E-state index is 8.68. The fraction of sp³-hybridized carbons (Fsp3) is 0.786. The Morgan fingerprint density at radius 3 is 2.42 bits per heavy atom. The predicted molar refractivity (Wildman–Crippen MR) is 73.7 cm³/mol. The quantitative estimate of drug-likeness (QED) is 0.920. The van der Waals surface area contributed by atoms with Crippen LogP contribution < -0.4 is 5.32 Å². The van der Waals surface area contributed by atoms with Gasteiger partial charge in [-0.15, -0.1) is 10.2 Å². The smallest absolute Gasteiger partial charge is 0.205 e. The van der Waals surface area contributed by atoms with Gasteiger partial charge in [-0.2, -0.15) is 5.26 Å². The summed E-state index contributed by atoms with van der Waals surface area (Å²) in [5, 5.41) is 22.3. The lowest BCUT2D eigenvalue weighted by atomic mass is 9.54. The van der Waals surface area contributed by atoms with Gasteiger partial charge in [-0.05, 0) is 55.8 Å². The van der Waals surface area contributed by atoms with Gasteiger partial charge in [0.1, 0.15) is 5.01 Å². The van der Waals surface area contributed by atoms with Gasteiger partial charge in [0.05, 0.1) is 12.5 Å². The van der Waals surface area contributed by atoms with Gasteiger partial charge in [-0.1, -0.05) is 11.3 Å². The molecule has 100 valence electrons. The van der Waals surface area contributed by atoms with Crippen molar-refractivity contribution in [3.05, 3.63) is 5.01 Å². The van der Waals surface area contributed by atoms with E-state index in [9.17, 15) is 0 Å². The number of nitrogens with one attached hydrogen (secondary N) is 1. The van der Waals surface area contributed by atoms with E-state index in [-0.39, 0.29) is 0 Å². The van der Waals surface area contributed by atoms with Crippen molar-refractivity contribution in [1.29, 1.82) is 5.26 Å². The standard InChI is InChI=1S/C14H18N4S/c15-2-1-12-17-18-14(19-12)16-13-10-4-8-3-9(6-10)7-11(13)5-8/h8-11,13H,1,3-7H2,(H,16,18). The van der Waals surface area contributed by atoms with E-state index in [0.29, 0.717) is 12.5 Å². The second-order valence-electron chi connectivity index (χ2n) is 6.44. The molecule has 0 saturated heterocycles. The molecule has 0 radical (unpaired) electrons. The van der Waals surface area contributed by atoms with Crippen LogP contribution in [0, 0.1) is 35.0 Å². The van der Waals surface area contributed by atoms with Crippen molar-refractivity contribution in [2.75, 3.05) is 5.32 Å². The zero-order valence-corrected chi connectivity index (χ0v) is 11.7. The highest BCUT2D eigenvalue weighted by molar-refractivity contribution is 7.15. The van der Waals surface area contributed by atoms with Crippen molar-refractivity contribution in [1.82, 2.24) is 10.2 Å². The highest BCUT2D eigenvalue weighted by Crippen LogP contribution is 2.54. The van der Waals surface area contributed by atoms with Gasteiger partial charge in [0.15, 0.2) is 0 Å². The SMILES string of the molecule is N#CCc1nnc(NC2C3CC4CC(C3)CC2C4)s1. The van der Waals surface area contributed by atoms with Crippen molar-refractivity contribution in [2.24, 2.45) is 23.7 Å². The molecule has 0 aromatic carbocycles. The van der Waals surface area contributed by atoms with Crippen molar-refractivity contribution in [3.8, 4) is 6.07 Å².